The fourth-order valence-electron chi connectivity index (χ4n) is 3.93. The Morgan fingerprint density at radius 1 is 1.27 bits per heavy atom. The molecule has 3 atom stereocenters. The maximum atomic E-state index is 12.5. The van der Waals surface area contributed by atoms with E-state index < -0.39 is 11.5 Å². The molecular weight excluding hydrogens is 302 g/mol. The number of rotatable bonds is 5. The van der Waals surface area contributed by atoms with Crippen LogP contribution in [0.15, 0.2) is 24.3 Å². The second-order valence-corrected chi connectivity index (χ2v) is 6.78. The fraction of sp³-hybridized carbons (Fsp3) is 0.529. The summed E-state index contributed by atoms with van der Waals surface area (Å²) in [6, 6.07) is 6.66. The van der Waals surface area contributed by atoms with Crippen molar-refractivity contribution < 1.29 is 14.7 Å². The summed E-state index contributed by atoms with van der Waals surface area (Å²) < 4.78 is 0. The highest BCUT2D eigenvalue weighted by Gasteiger charge is 2.58. The number of benzene rings is 1. The number of fused-ring (bicyclic) bond motifs is 1. The number of halogens is 1. The summed E-state index contributed by atoms with van der Waals surface area (Å²) in [6.07, 6.45) is 3.66. The van der Waals surface area contributed by atoms with Crippen LogP contribution < -0.4 is 5.32 Å². The Bertz CT molecular complexity index is 590. The molecule has 1 amide bonds. The van der Waals surface area contributed by atoms with Crippen molar-refractivity contribution >= 4 is 23.5 Å². The molecule has 2 fully saturated rings. The fourth-order valence-corrected chi connectivity index (χ4v) is 4.06. The van der Waals surface area contributed by atoms with Crippen LogP contribution in [0.25, 0.3) is 0 Å². The van der Waals surface area contributed by atoms with Gasteiger partial charge in [0.2, 0.25) is 5.91 Å². The number of aliphatic carboxylic acids is 1. The summed E-state index contributed by atoms with van der Waals surface area (Å²) in [5, 5.41) is 13.1. The standard InChI is InChI=1S/C17H20ClNO3/c1-2-17(16(21)22,10-6-8-11(18)9-7-10)19-15(20)14-12-4-3-5-13(12)14/h6-9,12-14H,2-5H2,1H3,(H,19,20)(H,21,22). The van der Waals surface area contributed by atoms with Crippen LogP contribution in [0, 0.1) is 17.8 Å². The first-order valence-corrected chi connectivity index (χ1v) is 8.19. The van der Waals surface area contributed by atoms with Gasteiger partial charge in [-0.15, -0.1) is 0 Å². The smallest absolute Gasteiger partial charge is 0.334 e. The molecule has 2 aliphatic rings. The molecule has 1 aromatic rings. The van der Waals surface area contributed by atoms with Gasteiger partial charge < -0.3 is 10.4 Å². The van der Waals surface area contributed by atoms with Gasteiger partial charge in [-0.05, 0) is 48.8 Å². The van der Waals surface area contributed by atoms with Crippen molar-refractivity contribution in [3.8, 4) is 0 Å². The van der Waals surface area contributed by atoms with Crippen molar-refractivity contribution in [2.75, 3.05) is 0 Å². The van der Waals surface area contributed by atoms with Crippen molar-refractivity contribution in [3.63, 3.8) is 0 Å². The Labute approximate surface area is 134 Å². The minimum absolute atomic E-state index is 0.00586. The Kier molecular flexibility index (Phi) is 3.89. The number of carboxylic acids is 1. The van der Waals surface area contributed by atoms with Gasteiger partial charge in [0.25, 0.3) is 0 Å². The number of carbonyl (C=O) groups is 2. The highest BCUT2D eigenvalue weighted by Crippen LogP contribution is 2.57. The van der Waals surface area contributed by atoms with Crippen molar-refractivity contribution in [1.82, 2.24) is 5.32 Å². The molecule has 3 rings (SSSR count). The first kappa shape index (κ1) is 15.3. The number of hydrogen-bond donors (Lipinski definition) is 2. The van der Waals surface area contributed by atoms with Gasteiger partial charge in [-0.1, -0.05) is 37.1 Å². The van der Waals surface area contributed by atoms with Crippen LogP contribution in [0.3, 0.4) is 0 Å². The molecule has 0 spiro atoms. The number of amides is 1. The second-order valence-electron chi connectivity index (χ2n) is 6.34. The Morgan fingerprint density at radius 3 is 2.36 bits per heavy atom. The van der Waals surface area contributed by atoms with E-state index in [-0.39, 0.29) is 18.2 Å². The number of hydrogen-bond acceptors (Lipinski definition) is 2. The van der Waals surface area contributed by atoms with Crippen molar-refractivity contribution in [2.24, 2.45) is 17.8 Å². The lowest BCUT2D eigenvalue weighted by Crippen LogP contribution is -2.52. The number of carbonyl (C=O) groups excluding carboxylic acids is 1. The third-order valence-corrected chi connectivity index (χ3v) is 5.53. The Balaban J connectivity index is 1.84. The first-order valence-electron chi connectivity index (χ1n) is 7.81. The minimum Gasteiger partial charge on any atom is -0.479 e. The zero-order chi connectivity index (χ0) is 15.9. The van der Waals surface area contributed by atoms with Gasteiger partial charge in [-0.2, -0.15) is 0 Å². The van der Waals surface area contributed by atoms with Crippen molar-refractivity contribution in [1.29, 1.82) is 0 Å². The number of carboxylic acid groups (broad SMARTS) is 1. The van der Waals surface area contributed by atoms with Crippen LogP contribution in [-0.4, -0.2) is 17.0 Å². The van der Waals surface area contributed by atoms with E-state index in [0.717, 1.165) is 12.8 Å². The van der Waals surface area contributed by atoms with E-state index >= 15 is 0 Å². The van der Waals surface area contributed by atoms with Crippen LogP contribution in [0.5, 0.6) is 0 Å². The quantitative estimate of drug-likeness (QED) is 0.875. The third kappa shape index (κ3) is 2.39. The van der Waals surface area contributed by atoms with Crippen LogP contribution >= 0.6 is 11.6 Å². The number of nitrogens with one attached hydrogen (secondary N) is 1. The van der Waals surface area contributed by atoms with Gasteiger partial charge in [0.15, 0.2) is 5.54 Å². The molecule has 3 unspecified atom stereocenters. The van der Waals surface area contributed by atoms with Gasteiger partial charge in [0.05, 0.1) is 0 Å². The highest BCUT2D eigenvalue weighted by atomic mass is 35.5. The molecule has 4 nitrogen and oxygen atoms in total. The lowest BCUT2D eigenvalue weighted by molar-refractivity contribution is -0.148. The third-order valence-electron chi connectivity index (χ3n) is 5.28. The topological polar surface area (TPSA) is 66.4 Å². The molecule has 118 valence electrons. The molecule has 0 bridgehead atoms. The summed E-state index contributed by atoms with van der Waals surface area (Å²) in [5.41, 5.74) is -0.815. The zero-order valence-electron chi connectivity index (χ0n) is 12.5. The predicted molar refractivity (Wildman–Crippen MR) is 83.5 cm³/mol. The lowest BCUT2D eigenvalue weighted by Gasteiger charge is -2.30. The predicted octanol–water partition coefficient (Wildman–Crippen LogP) is 3.19. The van der Waals surface area contributed by atoms with Crippen LogP contribution in [0.1, 0.15) is 38.2 Å². The Morgan fingerprint density at radius 2 is 1.86 bits per heavy atom. The summed E-state index contributed by atoms with van der Waals surface area (Å²) in [7, 11) is 0. The minimum atomic E-state index is -1.38. The lowest BCUT2D eigenvalue weighted by atomic mass is 9.86. The molecule has 0 saturated heterocycles. The Hall–Kier alpha value is -1.55. The maximum absolute atomic E-state index is 12.5. The highest BCUT2D eigenvalue weighted by molar-refractivity contribution is 6.30. The van der Waals surface area contributed by atoms with Crippen LogP contribution in [0.4, 0.5) is 0 Å². The molecule has 22 heavy (non-hydrogen) atoms. The SMILES string of the molecule is CCC(NC(=O)C1C2CCCC21)(C(=O)O)c1ccc(Cl)cc1. The molecule has 2 aliphatic carbocycles. The molecule has 5 heteroatoms. The largest absolute Gasteiger partial charge is 0.479 e. The average molecular weight is 322 g/mol. The maximum Gasteiger partial charge on any atom is 0.334 e. The second kappa shape index (κ2) is 5.58. The molecule has 0 aliphatic heterocycles. The molecule has 0 aromatic heterocycles. The van der Waals surface area contributed by atoms with Crippen molar-refractivity contribution in [3.05, 3.63) is 34.9 Å². The van der Waals surface area contributed by atoms with E-state index in [1.807, 2.05) is 0 Å². The van der Waals surface area contributed by atoms with Gasteiger partial charge in [0.1, 0.15) is 0 Å². The van der Waals surface area contributed by atoms with Gasteiger partial charge >= 0.3 is 5.97 Å². The summed E-state index contributed by atoms with van der Waals surface area (Å²) in [5.74, 6) is -0.209. The molecule has 2 N–H and O–H groups in total. The summed E-state index contributed by atoms with van der Waals surface area (Å²) in [6.45, 7) is 1.77. The van der Waals surface area contributed by atoms with Gasteiger partial charge in [0, 0.05) is 10.9 Å². The molecule has 1 aromatic carbocycles. The molecule has 0 radical (unpaired) electrons. The van der Waals surface area contributed by atoms with Gasteiger partial charge in [-0.3, -0.25) is 4.79 Å². The first-order chi connectivity index (χ1) is 10.5. The molecular formula is C17H20ClNO3. The van der Waals surface area contributed by atoms with Crippen molar-refractivity contribution in [2.45, 2.75) is 38.1 Å². The normalized spacial score (nSPS) is 28.5. The molecule has 2 saturated carbocycles. The molecule has 0 heterocycles. The van der Waals surface area contributed by atoms with E-state index in [0.29, 0.717) is 22.4 Å². The van der Waals surface area contributed by atoms with E-state index in [2.05, 4.69) is 5.32 Å². The van der Waals surface area contributed by atoms with E-state index in [4.69, 9.17) is 11.6 Å². The summed E-state index contributed by atoms with van der Waals surface area (Å²) >= 11 is 5.88. The van der Waals surface area contributed by atoms with Crippen LogP contribution in [-0.2, 0) is 15.1 Å². The van der Waals surface area contributed by atoms with E-state index in [1.165, 1.54) is 6.42 Å². The van der Waals surface area contributed by atoms with Gasteiger partial charge in [-0.25, -0.2) is 4.79 Å². The summed E-state index contributed by atoms with van der Waals surface area (Å²) in [4.78, 5) is 24.5. The monoisotopic (exact) mass is 321 g/mol. The van der Waals surface area contributed by atoms with E-state index in [9.17, 15) is 14.7 Å². The van der Waals surface area contributed by atoms with E-state index in [1.54, 1.807) is 31.2 Å². The average Bonchev–Trinajstić information content (AvgIpc) is 2.98. The zero-order valence-corrected chi connectivity index (χ0v) is 13.3. The van der Waals surface area contributed by atoms with Crippen LogP contribution in [0.2, 0.25) is 5.02 Å².